The lowest BCUT2D eigenvalue weighted by molar-refractivity contribution is -1.02. The number of tetrazole rings is 1. The first kappa shape index (κ1) is 18.8. The van der Waals surface area contributed by atoms with Gasteiger partial charge < -0.3 is 19.3 Å². The molecule has 1 aromatic heterocycles. The SMILES string of the molecule is CC[NH+]1CC[NH+]([C@H](c2ccc(OC)cc2)c2nnnn2CCOC)CC1. The van der Waals surface area contributed by atoms with Crippen LogP contribution in [0.2, 0.25) is 0 Å². The number of piperazine rings is 1. The van der Waals surface area contributed by atoms with E-state index >= 15 is 0 Å². The van der Waals surface area contributed by atoms with Gasteiger partial charge in [-0.15, -0.1) is 5.10 Å². The lowest BCUT2D eigenvalue weighted by Crippen LogP contribution is -3.28. The molecule has 1 saturated heterocycles. The first-order valence-corrected chi connectivity index (χ1v) is 9.34. The second-order valence-electron chi connectivity index (χ2n) is 6.72. The van der Waals surface area contributed by atoms with E-state index in [-0.39, 0.29) is 6.04 Å². The van der Waals surface area contributed by atoms with Crippen LogP contribution in [0.5, 0.6) is 5.75 Å². The summed E-state index contributed by atoms with van der Waals surface area (Å²) < 4.78 is 12.4. The molecule has 1 aliphatic heterocycles. The molecule has 0 amide bonds. The summed E-state index contributed by atoms with van der Waals surface area (Å²) in [6, 6.07) is 8.40. The zero-order valence-corrected chi connectivity index (χ0v) is 15.9. The fraction of sp³-hybridized carbons (Fsp3) is 0.611. The van der Waals surface area contributed by atoms with Crippen LogP contribution in [0.1, 0.15) is 24.4 Å². The van der Waals surface area contributed by atoms with E-state index in [4.69, 9.17) is 9.47 Å². The molecule has 8 nitrogen and oxygen atoms in total. The van der Waals surface area contributed by atoms with Gasteiger partial charge in [-0.25, -0.2) is 4.68 Å². The number of aromatic nitrogens is 4. The summed E-state index contributed by atoms with van der Waals surface area (Å²) in [5.74, 6) is 1.77. The number of nitrogens with zero attached hydrogens (tertiary/aromatic N) is 4. The Hall–Kier alpha value is -2.03. The summed E-state index contributed by atoms with van der Waals surface area (Å²) >= 11 is 0. The Bertz CT molecular complexity index is 667. The molecular weight excluding hydrogens is 332 g/mol. The van der Waals surface area contributed by atoms with E-state index < -0.39 is 0 Å². The minimum atomic E-state index is 0.117. The minimum absolute atomic E-state index is 0.117. The second-order valence-corrected chi connectivity index (χ2v) is 6.72. The number of rotatable bonds is 8. The van der Waals surface area contributed by atoms with Gasteiger partial charge >= 0.3 is 0 Å². The molecule has 1 atom stereocenters. The molecule has 0 radical (unpaired) electrons. The Kier molecular flexibility index (Phi) is 6.54. The molecule has 142 valence electrons. The van der Waals surface area contributed by atoms with Crippen LogP contribution in [-0.4, -0.2) is 73.8 Å². The van der Waals surface area contributed by atoms with Crippen molar-refractivity contribution in [1.82, 2.24) is 20.2 Å². The monoisotopic (exact) mass is 362 g/mol. The molecule has 1 aliphatic rings. The normalized spacial score (nSPS) is 21.5. The Balaban J connectivity index is 1.90. The van der Waals surface area contributed by atoms with Crippen molar-refractivity contribution in [2.75, 3.05) is 53.6 Å². The minimum Gasteiger partial charge on any atom is -0.497 e. The molecule has 8 heteroatoms. The van der Waals surface area contributed by atoms with Crippen molar-refractivity contribution < 1.29 is 19.3 Å². The van der Waals surface area contributed by atoms with E-state index in [1.165, 1.54) is 30.1 Å². The summed E-state index contributed by atoms with van der Waals surface area (Å²) in [7, 11) is 3.39. The molecule has 3 rings (SSSR count). The summed E-state index contributed by atoms with van der Waals surface area (Å²) in [6.45, 7) is 9.27. The van der Waals surface area contributed by atoms with Crippen molar-refractivity contribution in [2.45, 2.75) is 19.5 Å². The van der Waals surface area contributed by atoms with Crippen LogP contribution in [-0.2, 0) is 11.3 Å². The first-order chi connectivity index (χ1) is 12.8. The van der Waals surface area contributed by atoms with Gasteiger partial charge in [-0.3, -0.25) is 0 Å². The third-order valence-corrected chi connectivity index (χ3v) is 5.28. The highest BCUT2D eigenvalue weighted by atomic mass is 16.5. The Morgan fingerprint density at radius 1 is 1.12 bits per heavy atom. The van der Waals surface area contributed by atoms with Crippen LogP contribution < -0.4 is 14.5 Å². The van der Waals surface area contributed by atoms with E-state index in [2.05, 4.69) is 34.6 Å². The summed E-state index contributed by atoms with van der Waals surface area (Å²) in [5.41, 5.74) is 1.22. The number of methoxy groups -OCH3 is 2. The lowest BCUT2D eigenvalue weighted by Gasteiger charge is -2.33. The standard InChI is InChI=1S/C18H28N6O2/c1-4-22-9-11-23(12-10-22)17(15-5-7-16(26-3)8-6-15)18-19-20-21-24(18)13-14-25-2/h5-8,17H,4,9-14H2,1-3H3/p+2/t17-/m1/s1. The molecule has 2 heterocycles. The van der Waals surface area contributed by atoms with Crippen LogP contribution in [0, 0.1) is 0 Å². The smallest absolute Gasteiger partial charge is 0.214 e. The Morgan fingerprint density at radius 3 is 2.46 bits per heavy atom. The number of nitrogens with one attached hydrogen (secondary N) is 2. The maximum Gasteiger partial charge on any atom is 0.214 e. The second kappa shape index (κ2) is 9.07. The van der Waals surface area contributed by atoms with Crippen molar-refractivity contribution >= 4 is 0 Å². The number of quaternary nitrogens is 2. The summed E-state index contributed by atoms with van der Waals surface area (Å²) in [6.07, 6.45) is 0. The highest BCUT2D eigenvalue weighted by molar-refractivity contribution is 5.30. The van der Waals surface area contributed by atoms with Gasteiger partial charge in [-0.2, -0.15) is 0 Å². The van der Waals surface area contributed by atoms with Crippen molar-refractivity contribution in [1.29, 1.82) is 0 Å². The molecule has 0 saturated carbocycles. The highest BCUT2D eigenvalue weighted by Crippen LogP contribution is 2.20. The summed E-state index contributed by atoms with van der Waals surface area (Å²) in [5, 5.41) is 12.5. The fourth-order valence-electron chi connectivity index (χ4n) is 3.69. The molecule has 1 aromatic carbocycles. The van der Waals surface area contributed by atoms with E-state index in [0.717, 1.165) is 24.7 Å². The largest absolute Gasteiger partial charge is 0.497 e. The van der Waals surface area contributed by atoms with Crippen molar-refractivity contribution in [3.63, 3.8) is 0 Å². The molecule has 0 aliphatic carbocycles. The predicted molar refractivity (Wildman–Crippen MR) is 96.5 cm³/mol. The van der Waals surface area contributed by atoms with E-state index in [1.54, 1.807) is 19.1 Å². The maximum atomic E-state index is 5.32. The molecule has 1 fully saturated rings. The summed E-state index contributed by atoms with van der Waals surface area (Å²) in [4.78, 5) is 3.18. The van der Waals surface area contributed by atoms with Gasteiger partial charge in [-0.1, -0.05) is 0 Å². The van der Waals surface area contributed by atoms with Crippen LogP contribution in [0.4, 0.5) is 0 Å². The zero-order chi connectivity index (χ0) is 18.4. The van der Waals surface area contributed by atoms with Gasteiger partial charge in [0, 0.05) is 12.7 Å². The molecule has 0 unspecified atom stereocenters. The molecule has 0 bridgehead atoms. The molecule has 2 N–H and O–H groups in total. The number of ether oxygens (including phenoxy) is 2. The van der Waals surface area contributed by atoms with Gasteiger partial charge in [0.05, 0.1) is 26.8 Å². The van der Waals surface area contributed by atoms with Gasteiger partial charge in [0.1, 0.15) is 31.9 Å². The average Bonchev–Trinajstić information content (AvgIpc) is 3.15. The average molecular weight is 362 g/mol. The van der Waals surface area contributed by atoms with Crippen LogP contribution in [0.3, 0.4) is 0 Å². The van der Waals surface area contributed by atoms with E-state index in [0.29, 0.717) is 13.2 Å². The van der Waals surface area contributed by atoms with E-state index in [9.17, 15) is 0 Å². The Morgan fingerprint density at radius 2 is 1.85 bits per heavy atom. The number of likely N-dealkylation sites (N-methyl/N-ethyl adjacent to an activating group) is 1. The lowest BCUT2D eigenvalue weighted by atomic mass is 10.0. The van der Waals surface area contributed by atoms with Crippen LogP contribution >= 0.6 is 0 Å². The zero-order valence-electron chi connectivity index (χ0n) is 15.9. The fourth-order valence-corrected chi connectivity index (χ4v) is 3.69. The third-order valence-electron chi connectivity index (χ3n) is 5.28. The molecule has 0 spiro atoms. The number of hydrogen-bond donors (Lipinski definition) is 2. The Labute approximate surface area is 154 Å². The number of benzene rings is 1. The van der Waals surface area contributed by atoms with Gasteiger partial charge in [0.25, 0.3) is 0 Å². The molecule has 26 heavy (non-hydrogen) atoms. The third kappa shape index (κ3) is 4.20. The van der Waals surface area contributed by atoms with Gasteiger partial charge in [0.2, 0.25) is 5.82 Å². The first-order valence-electron chi connectivity index (χ1n) is 9.34. The topological polar surface area (TPSA) is 70.9 Å². The van der Waals surface area contributed by atoms with Gasteiger partial charge in [-0.05, 0) is 41.6 Å². The van der Waals surface area contributed by atoms with Gasteiger partial charge in [0.15, 0.2) is 6.04 Å². The predicted octanol–water partition coefficient (Wildman–Crippen LogP) is -1.78. The quantitative estimate of drug-likeness (QED) is 0.581. The van der Waals surface area contributed by atoms with Crippen molar-refractivity contribution in [3.05, 3.63) is 35.7 Å². The van der Waals surface area contributed by atoms with Crippen LogP contribution in [0.25, 0.3) is 0 Å². The molecular formula is C18H30N6O2+2. The van der Waals surface area contributed by atoms with Crippen molar-refractivity contribution in [3.8, 4) is 5.75 Å². The number of hydrogen-bond acceptors (Lipinski definition) is 5. The van der Waals surface area contributed by atoms with E-state index in [1.807, 2.05) is 16.8 Å². The van der Waals surface area contributed by atoms with Crippen LogP contribution in [0.15, 0.2) is 24.3 Å². The molecule has 2 aromatic rings. The highest BCUT2D eigenvalue weighted by Gasteiger charge is 2.35. The maximum absolute atomic E-state index is 5.32. The van der Waals surface area contributed by atoms with Crippen molar-refractivity contribution in [2.24, 2.45) is 0 Å².